The topological polar surface area (TPSA) is 53.0 Å². The van der Waals surface area contributed by atoms with E-state index in [2.05, 4.69) is 53.7 Å². The molecule has 0 bridgehead atoms. The van der Waals surface area contributed by atoms with E-state index in [1.807, 2.05) is 18.2 Å². The number of hydrogen-bond acceptors (Lipinski definition) is 3. The second-order valence-corrected chi connectivity index (χ2v) is 6.13. The minimum Gasteiger partial charge on any atom is -0.326 e. The van der Waals surface area contributed by atoms with Crippen LogP contribution in [0.5, 0.6) is 0 Å². The largest absolute Gasteiger partial charge is 0.326 e. The Morgan fingerprint density at radius 1 is 1.35 bits per heavy atom. The van der Waals surface area contributed by atoms with Crippen molar-refractivity contribution >= 4 is 15.9 Å². The van der Waals surface area contributed by atoms with Gasteiger partial charge in [-0.1, -0.05) is 41.1 Å². The minimum atomic E-state index is 0.0507. The molecule has 3 nitrogen and oxygen atoms in total. The van der Waals surface area contributed by atoms with E-state index in [0.717, 1.165) is 17.4 Å². The molecule has 1 aromatic carbocycles. The highest BCUT2D eigenvalue weighted by Gasteiger charge is 2.28. The van der Waals surface area contributed by atoms with Gasteiger partial charge in [0.25, 0.3) is 0 Å². The van der Waals surface area contributed by atoms with Gasteiger partial charge in [0, 0.05) is 29.5 Å². The maximum absolute atomic E-state index is 8.88. The molecule has 0 aliphatic rings. The summed E-state index contributed by atoms with van der Waals surface area (Å²) in [6, 6.07) is 11.0. The van der Waals surface area contributed by atoms with E-state index in [1.165, 1.54) is 5.56 Å². The molecular formula is C16H24BrN3. The van der Waals surface area contributed by atoms with Crippen LogP contribution < -0.4 is 5.73 Å². The number of nitrogens with two attached hydrogens (primary N) is 1. The number of hydrogen-bond donors (Lipinski definition) is 1. The third kappa shape index (κ3) is 4.31. The van der Waals surface area contributed by atoms with Crippen LogP contribution in [-0.2, 0) is 0 Å². The molecule has 0 heterocycles. The lowest BCUT2D eigenvalue weighted by Crippen LogP contribution is -2.44. The number of nitrogens with zero attached hydrogens (tertiary/aromatic N) is 2. The first-order valence-corrected chi connectivity index (χ1v) is 7.94. The van der Waals surface area contributed by atoms with Gasteiger partial charge in [0.05, 0.1) is 12.1 Å². The van der Waals surface area contributed by atoms with Crippen molar-refractivity contribution in [2.24, 2.45) is 5.73 Å². The smallest absolute Gasteiger partial charge is 0.0635 e. The standard InChI is InChI=1S/C16H24BrN3/c1-4-15(19)16(13-8-5-6-9-14(13)17)20(12(2)3)11-7-10-18/h5-6,8-9,12,15-16H,4,7,11,19H2,1-3H3. The predicted octanol–water partition coefficient (Wildman–Crippen LogP) is 3.85. The van der Waals surface area contributed by atoms with Gasteiger partial charge < -0.3 is 5.73 Å². The average Bonchev–Trinajstić information content (AvgIpc) is 2.43. The van der Waals surface area contributed by atoms with Gasteiger partial charge in [-0.05, 0) is 31.9 Å². The van der Waals surface area contributed by atoms with Crippen molar-refractivity contribution in [3.8, 4) is 6.07 Å². The van der Waals surface area contributed by atoms with Crippen LogP contribution in [0, 0.1) is 11.3 Å². The molecule has 2 atom stereocenters. The van der Waals surface area contributed by atoms with Crippen molar-refractivity contribution in [1.29, 1.82) is 5.26 Å². The van der Waals surface area contributed by atoms with Gasteiger partial charge in [0.15, 0.2) is 0 Å². The van der Waals surface area contributed by atoms with E-state index in [4.69, 9.17) is 11.0 Å². The van der Waals surface area contributed by atoms with Gasteiger partial charge in [0.1, 0.15) is 0 Å². The fourth-order valence-corrected chi connectivity index (χ4v) is 3.01. The van der Waals surface area contributed by atoms with Gasteiger partial charge >= 0.3 is 0 Å². The van der Waals surface area contributed by atoms with Crippen LogP contribution in [0.4, 0.5) is 0 Å². The molecule has 0 aromatic heterocycles. The van der Waals surface area contributed by atoms with E-state index < -0.39 is 0 Å². The van der Waals surface area contributed by atoms with Crippen LogP contribution in [0.15, 0.2) is 28.7 Å². The Labute approximate surface area is 130 Å². The Kier molecular flexibility index (Phi) is 7.22. The van der Waals surface area contributed by atoms with Crippen molar-refractivity contribution in [2.75, 3.05) is 6.54 Å². The van der Waals surface area contributed by atoms with Crippen molar-refractivity contribution in [2.45, 2.75) is 51.7 Å². The van der Waals surface area contributed by atoms with Crippen LogP contribution in [0.1, 0.15) is 45.2 Å². The number of halogens is 1. The van der Waals surface area contributed by atoms with Crippen LogP contribution in [0.2, 0.25) is 0 Å². The SMILES string of the molecule is CCC(N)C(c1ccccc1Br)N(CCC#N)C(C)C. The Morgan fingerprint density at radius 3 is 2.50 bits per heavy atom. The van der Waals surface area contributed by atoms with E-state index in [0.29, 0.717) is 12.5 Å². The molecule has 1 aromatic rings. The highest BCUT2D eigenvalue weighted by atomic mass is 79.9. The second-order valence-electron chi connectivity index (χ2n) is 5.28. The van der Waals surface area contributed by atoms with Crippen LogP contribution in [0.25, 0.3) is 0 Å². The summed E-state index contributed by atoms with van der Waals surface area (Å²) in [6.45, 7) is 7.17. The normalized spacial score (nSPS) is 14.3. The molecule has 2 unspecified atom stereocenters. The van der Waals surface area contributed by atoms with Gasteiger partial charge in [0.2, 0.25) is 0 Å². The maximum atomic E-state index is 8.88. The summed E-state index contributed by atoms with van der Waals surface area (Å²) in [7, 11) is 0. The molecule has 110 valence electrons. The molecule has 1 rings (SSSR count). The summed E-state index contributed by atoms with van der Waals surface area (Å²) in [4.78, 5) is 2.33. The summed E-state index contributed by atoms with van der Waals surface area (Å²) in [5.41, 5.74) is 7.59. The lowest BCUT2D eigenvalue weighted by atomic mass is 9.95. The summed E-state index contributed by atoms with van der Waals surface area (Å²) in [6.07, 6.45) is 1.43. The quantitative estimate of drug-likeness (QED) is 0.821. The van der Waals surface area contributed by atoms with Crippen molar-refractivity contribution < 1.29 is 0 Å². The van der Waals surface area contributed by atoms with E-state index in [9.17, 15) is 0 Å². The monoisotopic (exact) mass is 337 g/mol. The number of benzene rings is 1. The third-order valence-electron chi connectivity index (χ3n) is 3.60. The predicted molar refractivity (Wildman–Crippen MR) is 87.2 cm³/mol. The molecule has 0 fully saturated rings. The van der Waals surface area contributed by atoms with E-state index in [1.54, 1.807) is 0 Å². The first-order valence-electron chi connectivity index (χ1n) is 7.15. The molecular weight excluding hydrogens is 314 g/mol. The Balaban J connectivity index is 3.16. The molecule has 4 heteroatoms. The van der Waals surface area contributed by atoms with Gasteiger partial charge in [-0.25, -0.2) is 0 Å². The first-order chi connectivity index (χ1) is 9.52. The summed E-state index contributed by atoms with van der Waals surface area (Å²) >= 11 is 3.63. The van der Waals surface area contributed by atoms with E-state index in [-0.39, 0.29) is 12.1 Å². The molecule has 0 amide bonds. The molecule has 0 aliphatic carbocycles. The summed E-state index contributed by atoms with van der Waals surface area (Å²) in [5, 5.41) is 8.88. The van der Waals surface area contributed by atoms with Crippen LogP contribution in [-0.4, -0.2) is 23.5 Å². The molecule has 0 spiro atoms. The zero-order chi connectivity index (χ0) is 15.1. The molecule has 0 saturated heterocycles. The van der Waals surface area contributed by atoms with Crippen LogP contribution >= 0.6 is 15.9 Å². The third-order valence-corrected chi connectivity index (χ3v) is 4.33. The molecule has 20 heavy (non-hydrogen) atoms. The number of nitriles is 1. The van der Waals surface area contributed by atoms with E-state index >= 15 is 0 Å². The molecule has 0 aliphatic heterocycles. The average molecular weight is 338 g/mol. The van der Waals surface area contributed by atoms with Crippen molar-refractivity contribution in [3.05, 3.63) is 34.3 Å². The zero-order valence-corrected chi connectivity index (χ0v) is 14.1. The zero-order valence-electron chi connectivity index (χ0n) is 12.5. The van der Waals surface area contributed by atoms with Gasteiger partial charge in [-0.2, -0.15) is 5.26 Å². The highest BCUT2D eigenvalue weighted by Crippen LogP contribution is 2.32. The maximum Gasteiger partial charge on any atom is 0.0635 e. The Hall–Kier alpha value is -0.890. The Bertz CT molecular complexity index is 453. The lowest BCUT2D eigenvalue weighted by molar-refractivity contribution is 0.133. The highest BCUT2D eigenvalue weighted by molar-refractivity contribution is 9.10. The van der Waals surface area contributed by atoms with Gasteiger partial charge in [-0.3, -0.25) is 4.90 Å². The fraction of sp³-hybridized carbons (Fsp3) is 0.562. The number of rotatable bonds is 7. The van der Waals surface area contributed by atoms with Crippen molar-refractivity contribution in [3.63, 3.8) is 0 Å². The molecule has 0 radical (unpaired) electrons. The Morgan fingerprint density at radius 2 is 2.00 bits per heavy atom. The first kappa shape index (κ1) is 17.2. The molecule has 0 saturated carbocycles. The minimum absolute atomic E-state index is 0.0507. The van der Waals surface area contributed by atoms with Gasteiger partial charge in [-0.15, -0.1) is 0 Å². The van der Waals surface area contributed by atoms with Crippen molar-refractivity contribution in [1.82, 2.24) is 4.90 Å². The molecule has 2 N–H and O–H groups in total. The fourth-order valence-electron chi connectivity index (χ4n) is 2.49. The van der Waals surface area contributed by atoms with Crippen LogP contribution in [0.3, 0.4) is 0 Å². The lowest BCUT2D eigenvalue weighted by Gasteiger charge is -2.38. The summed E-state index contributed by atoms with van der Waals surface area (Å²) < 4.78 is 1.08. The summed E-state index contributed by atoms with van der Waals surface area (Å²) in [5.74, 6) is 0. The second kappa shape index (κ2) is 8.41.